The van der Waals surface area contributed by atoms with Gasteiger partial charge >= 0.3 is 0 Å². The zero-order valence-corrected chi connectivity index (χ0v) is 9.47. The van der Waals surface area contributed by atoms with Crippen LogP contribution in [0.4, 0.5) is 0 Å². The maximum Gasteiger partial charge on any atom is 0.133 e. The monoisotopic (exact) mass is 192 g/mol. The summed E-state index contributed by atoms with van der Waals surface area (Å²) >= 11 is 0. The van der Waals surface area contributed by atoms with E-state index >= 15 is 0 Å². The standard InChI is InChI=1S/C13H20O/c1-9-5-4-6-12-7-11(10(2)14)8-13(9,12)3/h6,9,11H,4-5,7-8H2,1-3H3/t9-,11?,13+/m1/s1. The molecule has 2 aliphatic carbocycles. The number of hydrogen-bond acceptors (Lipinski definition) is 1. The van der Waals surface area contributed by atoms with Gasteiger partial charge in [-0.15, -0.1) is 0 Å². The lowest BCUT2D eigenvalue weighted by Gasteiger charge is -2.36. The van der Waals surface area contributed by atoms with Crippen molar-refractivity contribution in [3.8, 4) is 0 Å². The first-order valence-electron chi connectivity index (χ1n) is 5.74. The second-order valence-electron chi connectivity index (χ2n) is 5.34. The van der Waals surface area contributed by atoms with E-state index in [1.165, 1.54) is 12.8 Å². The maximum atomic E-state index is 11.4. The molecule has 1 fully saturated rings. The number of ketones is 1. The summed E-state index contributed by atoms with van der Waals surface area (Å²) in [7, 11) is 0. The molecule has 0 radical (unpaired) electrons. The van der Waals surface area contributed by atoms with Crippen molar-refractivity contribution >= 4 is 5.78 Å². The second kappa shape index (κ2) is 3.22. The molecule has 1 nitrogen and oxygen atoms in total. The van der Waals surface area contributed by atoms with Gasteiger partial charge in [0.15, 0.2) is 0 Å². The van der Waals surface area contributed by atoms with Gasteiger partial charge in [0, 0.05) is 5.92 Å². The zero-order chi connectivity index (χ0) is 10.3. The number of carbonyl (C=O) groups is 1. The quantitative estimate of drug-likeness (QED) is 0.582. The van der Waals surface area contributed by atoms with Crippen molar-refractivity contribution in [3.63, 3.8) is 0 Å². The molecule has 0 heterocycles. The van der Waals surface area contributed by atoms with E-state index in [4.69, 9.17) is 0 Å². The van der Waals surface area contributed by atoms with Crippen LogP contribution in [0.3, 0.4) is 0 Å². The third-order valence-electron chi connectivity index (χ3n) is 4.52. The fourth-order valence-electron chi connectivity index (χ4n) is 3.16. The Labute approximate surface area is 86.6 Å². The molecule has 78 valence electrons. The zero-order valence-electron chi connectivity index (χ0n) is 9.47. The van der Waals surface area contributed by atoms with E-state index in [0.29, 0.717) is 17.1 Å². The number of rotatable bonds is 1. The Morgan fingerprint density at radius 2 is 2.29 bits per heavy atom. The molecular weight excluding hydrogens is 172 g/mol. The van der Waals surface area contributed by atoms with E-state index in [2.05, 4.69) is 19.9 Å². The number of allylic oxidation sites excluding steroid dienone is 2. The van der Waals surface area contributed by atoms with E-state index in [9.17, 15) is 4.79 Å². The Kier molecular flexibility index (Phi) is 2.29. The molecule has 14 heavy (non-hydrogen) atoms. The van der Waals surface area contributed by atoms with Crippen LogP contribution in [0.5, 0.6) is 0 Å². The Balaban J connectivity index is 2.27. The molecule has 0 saturated heterocycles. The van der Waals surface area contributed by atoms with Crippen LogP contribution in [0.15, 0.2) is 11.6 Å². The minimum absolute atomic E-state index is 0.312. The fourth-order valence-corrected chi connectivity index (χ4v) is 3.16. The van der Waals surface area contributed by atoms with Crippen molar-refractivity contribution in [2.75, 3.05) is 0 Å². The van der Waals surface area contributed by atoms with E-state index in [0.717, 1.165) is 18.8 Å². The largest absolute Gasteiger partial charge is 0.300 e. The molecule has 0 aliphatic heterocycles. The molecule has 0 aromatic heterocycles. The number of fused-ring (bicyclic) bond motifs is 1. The summed E-state index contributed by atoms with van der Waals surface area (Å²) in [5.41, 5.74) is 1.91. The van der Waals surface area contributed by atoms with Gasteiger partial charge in [-0.1, -0.05) is 25.5 Å². The van der Waals surface area contributed by atoms with Crippen molar-refractivity contribution in [1.82, 2.24) is 0 Å². The minimum Gasteiger partial charge on any atom is -0.300 e. The van der Waals surface area contributed by atoms with Gasteiger partial charge < -0.3 is 0 Å². The van der Waals surface area contributed by atoms with E-state index in [1.54, 1.807) is 12.5 Å². The summed E-state index contributed by atoms with van der Waals surface area (Å²) in [6.45, 7) is 6.44. The Morgan fingerprint density at radius 1 is 1.57 bits per heavy atom. The summed E-state index contributed by atoms with van der Waals surface area (Å²) in [5.74, 6) is 1.45. The Morgan fingerprint density at radius 3 is 2.86 bits per heavy atom. The summed E-state index contributed by atoms with van der Waals surface area (Å²) < 4.78 is 0. The molecule has 1 unspecified atom stereocenters. The van der Waals surface area contributed by atoms with Crippen LogP contribution in [0, 0.1) is 17.3 Å². The summed E-state index contributed by atoms with van der Waals surface area (Å²) in [5, 5.41) is 0. The van der Waals surface area contributed by atoms with Gasteiger partial charge in [-0.3, -0.25) is 4.79 Å². The predicted octanol–water partition coefficient (Wildman–Crippen LogP) is 3.35. The fraction of sp³-hybridized carbons (Fsp3) is 0.769. The average molecular weight is 192 g/mol. The third kappa shape index (κ3) is 1.34. The molecule has 2 aliphatic rings. The van der Waals surface area contributed by atoms with E-state index < -0.39 is 0 Å². The third-order valence-corrected chi connectivity index (χ3v) is 4.52. The van der Waals surface area contributed by atoms with Crippen LogP contribution in [0.2, 0.25) is 0 Å². The summed E-state index contributed by atoms with van der Waals surface area (Å²) in [6, 6.07) is 0. The highest BCUT2D eigenvalue weighted by molar-refractivity contribution is 5.79. The van der Waals surface area contributed by atoms with Crippen LogP contribution in [0.1, 0.15) is 46.5 Å². The van der Waals surface area contributed by atoms with Gasteiger partial charge in [0.25, 0.3) is 0 Å². The highest BCUT2D eigenvalue weighted by Crippen LogP contribution is 2.54. The average Bonchev–Trinajstić information content (AvgIpc) is 2.45. The highest BCUT2D eigenvalue weighted by atomic mass is 16.1. The van der Waals surface area contributed by atoms with Gasteiger partial charge in [0.2, 0.25) is 0 Å². The Bertz CT molecular complexity index is 290. The van der Waals surface area contributed by atoms with Crippen LogP contribution in [-0.2, 0) is 4.79 Å². The van der Waals surface area contributed by atoms with Gasteiger partial charge in [0.05, 0.1) is 0 Å². The summed E-state index contributed by atoms with van der Waals surface area (Å²) in [4.78, 5) is 11.4. The molecule has 1 heteroatoms. The van der Waals surface area contributed by atoms with Gasteiger partial charge in [0.1, 0.15) is 5.78 Å². The smallest absolute Gasteiger partial charge is 0.133 e. The van der Waals surface area contributed by atoms with Crippen molar-refractivity contribution in [2.24, 2.45) is 17.3 Å². The lowest BCUT2D eigenvalue weighted by molar-refractivity contribution is -0.120. The lowest BCUT2D eigenvalue weighted by Crippen LogP contribution is -2.27. The molecule has 1 saturated carbocycles. The molecule has 0 bridgehead atoms. The van der Waals surface area contributed by atoms with Gasteiger partial charge in [-0.2, -0.15) is 0 Å². The predicted molar refractivity (Wildman–Crippen MR) is 58.0 cm³/mol. The van der Waals surface area contributed by atoms with Crippen molar-refractivity contribution in [1.29, 1.82) is 0 Å². The molecule has 0 amide bonds. The van der Waals surface area contributed by atoms with E-state index in [-0.39, 0.29) is 0 Å². The molecule has 0 N–H and O–H groups in total. The van der Waals surface area contributed by atoms with Gasteiger partial charge in [-0.25, -0.2) is 0 Å². The van der Waals surface area contributed by atoms with Crippen LogP contribution < -0.4 is 0 Å². The molecular formula is C13H20O. The Hall–Kier alpha value is -0.590. The van der Waals surface area contributed by atoms with Crippen molar-refractivity contribution in [2.45, 2.75) is 46.5 Å². The lowest BCUT2D eigenvalue weighted by atomic mass is 9.68. The topological polar surface area (TPSA) is 17.1 Å². The number of carbonyl (C=O) groups excluding carboxylic acids is 1. The van der Waals surface area contributed by atoms with Gasteiger partial charge in [-0.05, 0) is 43.9 Å². The maximum absolute atomic E-state index is 11.4. The molecule has 0 aromatic carbocycles. The first-order chi connectivity index (χ1) is 6.54. The van der Waals surface area contributed by atoms with Crippen LogP contribution >= 0.6 is 0 Å². The molecule has 0 aromatic rings. The number of Topliss-reactive ketones (excluding diaryl/α,β-unsaturated/α-hetero) is 1. The molecule has 2 rings (SSSR count). The molecule has 3 atom stereocenters. The first-order valence-corrected chi connectivity index (χ1v) is 5.74. The first kappa shape index (κ1) is 9.95. The van der Waals surface area contributed by atoms with Crippen LogP contribution in [-0.4, -0.2) is 5.78 Å². The van der Waals surface area contributed by atoms with E-state index in [1.807, 2.05) is 0 Å². The minimum atomic E-state index is 0.312. The van der Waals surface area contributed by atoms with Crippen LogP contribution in [0.25, 0.3) is 0 Å². The SMILES string of the molecule is CC(=O)C1CC2=CCC[C@@H](C)[C@]2(C)C1. The normalized spacial score (nSPS) is 41.8. The second-order valence-corrected chi connectivity index (χ2v) is 5.34. The summed E-state index contributed by atoms with van der Waals surface area (Å²) in [6.07, 6.45) is 7.04. The highest BCUT2D eigenvalue weighted by Gasteiger charge is 2.45. The molecule has 0 spiro atoms. The number of hydrogen-bond donors (Lipinski definition) is 0. The van der Waals surface area contributed by atoms with Crippen molar-refractivity contribution in [3.05, 3.63) is 11.6 Å². The van der Waals surface area contributed by atoms with Crippen molar-refractivity contribution < 1.29 is 4.79 Å².